The van der Waals surface area contributed by atoms with Crippen LogP contribution in [0.3, 0.4) is 0 Å². The molecule has 1 saturated heterocycles. The summed E-state index contributed by atoms with van der Waals surface area (Å²) in [5.74, 6) is 0. The lowest BCUT2D eigenvalue weighted by Gasteiger charge is -2.31. The molecule has 0 N–H and O–H groups in total. The number of rotatable bonds is 2. The summed E-state index contributed by atoms with van der Waals surface area (Å²) in [5.41, 5.74) is 0. The molecule has 0 amide bonds. The van der Waals surface area contributed by atoms with Crippen molar-refractivity contribution in [2.24, 2.45) is 0 Å². The van der Waals surface area contributed by atoms with E-state index >= 15 is 0 Å². The molecule has 0 aromatic carbocycles. The molecule has 0 atom stereocenters. The van der Waals surface area contributed by atoms with E-state index in [1.807, 2.05) is 0 Å². The maximum Gasteiger partial charge on any atom is 0.0793 e. The lowest BCUT2D eigenvalue weighted by Crippen LogP contribution is -2.34. The minimum atomic E-state index is 0.548. The van der Waals surface area contributed by atoms with Gasteiger partial charge >= 0.3 is 0 Å². The van der Waals surface area contributed by atoms with Gasteiger partial charge in [0.2, 0.25) is 0 Å². The van der Waals surface area contributed by atoms with Crippen LogP contribution in [0.25, 0.3) is 0 Å². The third kappa shape index (κ3) is 2.96. The van der Waals surface area contributed by atoms with Gasteiger partial charge in [0, 0.05) is 13.1 Å². The summed E-state index contributed by atoms with van der Waals surface area (Å²) in [6.45, 7) is 2.33. The third-order valence-electron chi connectivity index (χ3n) is 3.17. The van der Waals surface area contributed by atoms with Crippen molar-refractivity contribution < 1.29 is 4.84 Å². The number of nitrogens with zero attached hydrogens (tertiary/aromatic N) is 1. The highest BCUT2D eigenvalue weighted by Crippen LogP contribution is 2.22. The summed E-state index contributed by atoms with van der Waals surface area (Å²) in [6, 6.07) is 0. The number of hydrogen-bond donors (Lipinski definition) is 0. The van der Waals surface area contributed by atoms with Crippen LogP contribution in [0.5, 0.6) is 0 Å². The van der Waals surface area contributed by atoms with Crippen molar-refractivity contribution in [2.45, 2.75) is 57.5 Å². The molecule has 76 valence electrons. The molecule has 1 aliphatic carbocycles. The predicted molar refractivity (Wildman–Crippen MR) is 53.4 cm³/mol. The summed E-state index contributed by atoms with van der Waals surface area (Å²) in [4.78, 5) is 5.97. The quantitative estimate of drug-likeness (QED) is 0.652. The molecular formula is C11H21NO. The van der Waals surface area contributed by atoms with E-state index in [1.54, 1.807) is 0 Å². The lowest BCUT2D eigenvalue weighted by molar-refractivity contribution is -0.212. The van der Waals surface area contributed by atoms with E-state index in [9.17, 15) is 0 Å². The Morgan fingerprint density at radius 2 is 1.38 bits per heavy atom. The van der Waals surface area contributed by atoms with Crippen molar-refractivity contribution in [3.63, 3.8) is 0 Å². The van der Waals surface area contributed by atoms with Crippen LogP contribution in [0, 0.1) is 0 Å². The van der Waals surface area contributed by atoms with Gasteiger partial charge in [0.25, 0.3) is 0 Å². The molecule has 13 heavy (non-hydrogen) atoms. The molecule has 1 saturated carbocycles. The standard InChI is InChI=1S/C11H21NO/c1-3-7-11(8-4-1)13-12-9-5-2-6-10-12/h11H,1-10H2. The lowest BCUT2D eigenvalue weighted by atomic mass is 9.98. The van der Waals surface area contributed by atoms with Crippen LogP contribution < -0.4 is 0 Å². The highest BCUT2D eigenvalue weighted by molar-refractivity contribution is 4.66. The monoisotopic (exact) mass is 183 g/mol. The first-order valence-electron chi connectivity index (χ1n) is 5.87. The molecule has 0 bridgehead atoms. The second kappa shape index (κ2) is 4.97. The van der Waals surface area contributed by atoms with Crippen LogP contribution in [-0.4, -0.2) is 24.3 Å². The second-order valence-corrected chi connectivity index (χ2v) is 4.36. The van der Waals surface area contributed by atoms with Crippen LogP contribution in [0.4, 0.5) is 0 Å². The molecule has 1 heterocycles. The Morgan fingerprint density at radius 3 is 2.08 bits per heavy atom. The largest absolute Gasteiger partial charge is 0.296 e. The SMILES string of the molecule is C1CCC(ON2CCCCC2)CC1. The number of hydroxylamine groups is 2. The topological polar surface area (TPSA) is 12.5 Å². The van der Waals surface area contributed by atoms with Crippen molar-refractivity contribution in [3.05, 3.63) is 0 Å². The third-order valence-corrected chi connectivity index (χ3v) is 3.17. The summed E-state index contributed by atoms with van der Waals surface area (Å²) in [7, 11) is 0. The Balaban J connectivity index is 1.69. The first-order chi connectivity index (χ1) is 6.45. The number of piperidine rings is 1. The van der Waals surface area contributed by atoms with Crippen molar-refractivity contribution in [3.8, 4) is 0 Å². The average Bonchev–Trinajstić information content (AvgIpc) is 2.21. The first kappa shape index (κ1) is 9.47. The van der Waals surface area contributed by atoms with Gasteiger partial charge in [-0.15, -0.1) is 0 Å². The molecule has 2 nitrogen and oxygen atoms in total. The van der Waals surface area contributed by atoms with Gasteiger partial charge in [-0.1, -0.05) is 25.7 Å². The second-order valence-electron chi connectivity index (χ2n) is 4.36. The highest BCUT2D eigenvalue weighted by atomic mass is 16.7. The fourth-order valence-corrected chi connectivity index (χ4v) is 2.35. The van der Waals surface area contributed by atoms with Gasteiger partial charge in [-0.3, -0.25) is 4.84 Å². The number of hydrogen-bond acceptors (Lipinski definition) is 2. The molecule has 0 aromatic rings. The van der Waals surface area contributed by atoms with Crippen LogP contribution in [0.2, 0.25) is 0 Å². The summed E-state index contributed by atoms with van der Waals surface area (Å²) >= 11 is 0. The Labute approximate surface area is 81.2 Å². The van der Waals surface area contributed by atoms with Gasteiger partial charge in [-0.25, -0.2) is 0 Å². The molecule has 2 heteroatoms. The molecule has 0 aromatic heterocycles. The molecule has 2 fully saturated rings. The van der Waals surface area contributed by atoms with Crippen LogP contribution in [0.1, 0.15) is 51.4 Å². The zero-order valence-electron chi connectivity index (χ0n) is 8.50. The normalized spacial score (nSPS) is 27.7. The van der Waals surface area contributed by atoms with Crippen LogP contribution in [-0.2, 0) is 4.84 Å². The van der Waals surface area contributed by atoms with E-state index in [4.69, 9.17) is 4.84 Å². The minimum Gasteiger partial charge on any atom is -0.296 e. The van der Waals surface area contributed by atoms with Crippen LogP contribution in [0.15, 0.2) is 0 Å². The van der Waals surface area contributed by atoms with Gasteiger partial charge in [0.05, 0.1) is 6.10 Å². The van der Waals surface area contributed by atoms with E-state index in [0.717, 1.165) is 13.1 Å². The van der Waals surface area contributed by atoms with Crippen molar-refractivity contribution in [2.75, 3.05) is 13.1 Å². The van der Waals surface area contributed by atoms with Gasteiger partial charge in [0.15, 0.2) is 0 Å². The first-order valence-corrected chi connectivity index (χ1v) is 5.87. The van der Waals surface area contributed by atoms with Crippen molar-refractivity contribution in [1.29, 1.82) is 0 Å². The molecule has 0 spiro atoms. The van der Waals surface area contributed by atoms with E-state index in [1.165, 1.54) is 51.4 Å². The summed E-state index contributed by atoms with van der Waals surface area (Å²) < 4.78 is 0. The fourth-order valence-electron chi connectivity index (χ4n) is 2.35. The molecule has 0 unspecified atom stereocenters. The molecule has 2 aliphatic rings. The molecule has 0 radical (unpaired) electrons. The summed E-state index contributed by atoms with van der Waals surface area (Å²) in [6.07, 6.45) is 11.3. The Bertz CT molecular complexity index is 121. The van der Waals surface area contributed by atoms with E-state index < -0.39 is 0 Å². The smallest absolute Gasteiger partial charge is 0.0793 e. The van der Waals surface area contributed by atoms with Crippen molar-refractivity contribution in [1.82, 2.24) is 5.06 Å². The van der Waals surface area contributed by atoms with Gasteiger partial charge in [0.1, 0.15) is 0 Å². The molecule has 2 rings (SSSR count). The predicted octanol–water partition coefficient (Wildman–Crippen LogP) is 2.74. The maximum absolute atomic E-state index is 5.97. The zero-order chi connectivity index (χ0) is 8.93. The molecular weight excluding hydrogens is 162 g/mol. The van der Waals surface area contributed by atoms with E-state index in [2.05, 4.69) is 5.06 Å². The van der Waals surface area contributed by atoms with E-state index in [-0.39, 0.29) is 0 Å². The van der Waals surface area contributed by atoms with Crippen LogP contribution >= 0.6 is 0 Å². The maximum atomic E-state index is 5.97. The molecule has 1 aliphatic heterocycles. The van der Waals surface area contributed by atoms with Gasteiger partial charge in [-0.05, 0) is 25.7 Å². The Kier molecular flexibility index (Phi) is 3.62. The van der Waals surface area contributed by atoms with Crippen molar-refractivity contribution >= 4 is 0 Å². The Morgan fingerprint density at radius 1 is 0.769 bits per heavy atom. The summed E-state index contributed by atoms with van der Waals surface area (Å²) in [5, 5.41) is 2.21. The van der Waals surface area contributed by atoms with Gasteiger partial charge < -0.3 is 0 Å². The Hall–Kier alpha value is -0.0800. The average molecular weight is 183 g/mol. The highest BCUT2D eigenvalue weighted by Gasteiger charge is 2.19. The fraction of sp³-hybridized carbons (Fsp3) is 1.00. The zero-order valence-corrected chi connectivity index (χ0v) is 8.50. The van der Waals surface area contributed by atoms with E-state index in [0.29, 0.717) is 6.10 Å². The minimum absolute atomic E-state index is 0.548. The van der Waals surface area contributed by atoms with Gasteiger partial charge in [-0.2, -0.15) is 5.06 Å².